The summed E-state index contributed by atoms with van der Waals surface area (Å²) in [7, 11) is 2.12. The first-order valence-electron chi connectivity index (χ1n) is 7.72. The van der Waals surface area contributed by atoms with Crippen molar-refractivity contribution in [3.05, 3.63) is 59.2 Å². The minimum Gasteiger partial charge on any atom is -0.345 e. The van der Waals surface area contributed by atoms with Gasteiger partial charge < -0.3 is 10.2 Å². The van der Waals surface area contributed by atoms with Crippen LogP contribution in [0.5, 0.6) is 0 Å². The highest BCUT2D eigenvalue weighted by Gasteiger charge is 2.05. The molecule has 0 bridgehead atoms. The van der Waals surface area contributed by atoms with Crippen LogP contribution in [0.15, 0.2) is 42.5 Å². The van der Waals surface area contributed by atoms with Crippen LogP contribution in [-0.2, 0) is 6.54 Å². The van der Waals surface area contributed by atoms with Crippen molar-refractivity contribution in [3.8, 4) is 0 Å². The van der Waals surface area contributed by atoms with Crippen LogP contribution in [0.3, 0.4) is 0 Å². The number of aryl methyl sites for hydroxylation is 2. The van der Waals surface area contributed by atoms with E-state index in [-0.39, 0.29) is 0 Å². The van der Waals surface area contributed by atoms with Gasteiger partial charge >= 0.3 is 0 Å². The molecule has 0 radical (unpaired) electrons. The number of benzene rings is 2. The fourth-order valence-corrected chi connectivity index (χ4v) is 2.54. The van der Waals surface area contributed by atoms with E-state index in [1.54, 1.807) is 0 Å². The Hall–Kier alpha value is -1.80. The van der Waals surface area contributed by atoms with Crippen molar-refractivity contribution < 1.29 is 0 Å². The Morgan fingerprint density at radius 3 is 2.10 bits per heavy atom. The van der Waals surface area contributed by atoms with Gasteiger partial charge in [-0.05, 0) is 67.8 Å². The van der Waals surface area contributed by atoms with Gasteiger partial charge in [-0.1, -0.05) is 25.1 Å². The highest BCUT2D eigenvalue weighted by molar-refractivity contribution is 5.64. The van der Waals surface area contributed by atoms with Crippen LogP contribution in [0.25, 0.3) is 0 Å². The molecule has 2 aromatic carbocycles. The molecule has 0 fully saturated rings. The lowest BCUT2D eigenvalue weighted by atomic mass is 10.1. The average molecular weight is 282 g/mol. The van der Waals surface area contributed by atoms with Crippen molar-refractivity contribution in [1.82, 2.24) is 5.32 Å². The number of nitrogens with zero attached hydrogens (tertiary/aromatic N) is 1. The maximum absolute atomic E-state index is 3.43. The molecule has 1 N–H and O–H groups in total. The Balaban J connectivity index is 2.10. The second kappa shape index (κ2) is 7.28. The van der Waals surface area contributed by atoms with Crippen molar-refractivity contribution in [2.75, 3.05) is 18.5 Å². The fraction of sp³-hybridized carbons (Fsp3) is 0.368. The Morgan fingerprint density at radius 2 is 1.52 bits per heavy atom. The van der Waals surface area contributed by atoms with Gasteiger partial charge in [0, 0.05) is 25.0 Å². The minimum absolute atomic E-state index is 0.946. The Morgan fingerprint density at radius 1 is 0.905 bits per heavy atom. The molecule has 2 heteroatoms. The van der Waals surface area contributed by atoms with E-state index in [1.165, 1.54) is 34.5 Å². The molecule has 0 aliphatic heterocycles. The summed E-state index contributed by atoms with van der Waals surface area (Å²) in [4.78, 5) is 2.24. The van der Waals surface area contributed by atoms with Gasteiger partial charge in [0.25, 0.3) is 0 Å². The lowest BCUT2D eigenvalue weighted by Gasteiger charge is -2.21. The monoisotopic (exact) mass is 282 g/mol. The second-order valence-corrected chi connectivity index (χ2v) is 5.75. The molecule has 0 heterocycles. The summed E-state index contributed by atoms with van der Waals surface area (Å²) < 4.78 is 0. The van der Waals surface area contributed by atoms with E-state index in [1.807, 2.05) is 0 Å². The first kappa shape index (κ1) is 15.6. The quantitative estimate of drug-likeness (QED) is 0.781. The van der Waals surface area contributed by atoms with Gasteiger partial charge in [-0.2, -0.15) is 0 Å². The van der Waals surface area contributed by atoms with Gasteiger partial charge in [-0.25, -0.2) is 0 Å². The first-order chi connectivity index (χ1) is 10.1. The zero-order chi connectivity index (χ0) is 15.2. The molecule has 21 heavy (non-hydrogen) atoms. The predicted molar refractivity (Wildman–Crippen MR) is 92.4 cm³/mol. The Kier molecular flexibility index (Phi) is 5.40. The third-order valence-electron chi connectivity index (χ3n) is 3.67. The molecule has 2 nitrogen and oxygen atoms in total. The topological polar surface area (TPSA) is 15.3 Å². The van der Waals surface area contributed by atoms with Crippen molar-refractivity contribution in [2.45, 2.75) is 33.7 Å². The van der Waals surface area contributed by atoms with Gasteiger partial charge in [0.05, 0.1) is 0 Å². The highest BCUT2D eigenvalue weighted by Crippen LogP contribution is 2.25. The third-order valence-corrected chi connectivity index (χ3v) is 3.67. The SMILES string of the molecule is CCCNCc1ccc(N(C)c2cc(C)cc(C)c2)cc1. The molecule has 0 aliphatic carbocycles. The van der Waals surface area contributed by atoms with E-state index in [0.717, 1.165) is 13.1 Å². The van der Waals surface area contributed by atoms with E-state index in [9.17, 15) is 0 Å². The van der Waals surface area contributed by atoms with Crippen LogP contribution >= 0.6 is 0 Å². The molecule has 0 aliphatic rings. The Labute approximate surface area is 128 Å². The van der Waals surface area contributed by atoms with Gasteiger partial charge in [0.1, 0.15) is 0 Å². The van der Waals surface area contributed by atoms with Crippen LogP contribution in [0.4, 0.5) is 11.4 Å². The third kappa shape index (κ3) is 4.33. The molecular formula is C19H26N2. The van der Waals surface area contributed by atoms with Crippen molar-refractivity contribution in [1.29, 1.82) is 0 Å². The molecule has 112 valence electrons. The maximum atomic E-state index is 3.43. The van der Waals surface area contributed by atoms with Crippen molar-refractivity contribution in [3.63, 3.8) is 0 Å². The highest BCUT2D eigenvalue weighted by atomic mass is 15.1. The summed E-state index contributed by atoms with van der Waals surface area (Å²) in [5.41, 5.74) is 6.40. The zero-order valence-electron chi connectivity index (χ0n) is 13.6. The lowest BCUT2D eigenvalue weighted by molar-refractivity contribution is 0.675. The number of anilines is 2. The summed E-state index contributed by atoms with van der Waals surface area (Å²) in [5.74, 6) is 0. The molecule has 2 aromatic rings. The average Bonchev–Trinajstić information content (AvgIpc) is 2.46. The molecular weight excluding hydrogens is 256 g/mol. The normalized spacial score (nSPS) is 10.7. The second-order valence-electron chi connectivity index (χ2n) is 5.75. The predicted octanol–water partition coefficient (Wildman–Crippen LogP) is 4.57. The molecule has 0 amide bonds. The summed E-state index contributed by atoms with van der Waals surface area (Å²) in [6.07, 6.45) is 1.17. The van der Waals surface area contributed by atoms with E-state index < -0.39 is 0 Å². The van der Waals surface area contributed by atoms with E-state index >= 15 is 0 Å². The smallest absolute Gasteiger partial charge is 0.0413 e. The van der Waals surface area contributed by atoms with Crippen LogP contribution in [0.2, 0.25) is 0 Å². The standard InChI is InChI=1S/C19H26N2/c1-5-10-20-14-17-6-8-18(9-7-17)21(4)19-12-15(2)11-16(3)13-19/h6-9,11-13,20H,5,10,14H2,1-4H3. The molecule has 0 atom stereocenters. The van der Waals surface area contributed by atoms with Crippen molar-refractivity contribution >= 4 is 11.4 Å². The van der Waals surface area contributed by atoms with Gasteiger partial charge in [-0.3, -0.25) is 0 Å². The van der Waals surface area contributed by atoms with Gasteiger partial charge in [0.15, 0.2) is 0 Å². The van der Waals surface area contributed by atoms with Crippen molar-refractivity contribution in [2.24, 2.45) is 0 Å². The molecule has 0 spiro atoms. The van der Waals surface area contributed by atoms with Gasteiger partial charge in [0.2, 0.25) is 0 Å². The van der Waals surface area contributed by atoms with E-state index in [4.69, 9.17) is 0 Å². The summed E-state index contributed by atoms with van der Waals surface area (Å²) >= 11 is 0. The van der Waals surface area contributed by atoms with Crippen LogP contribution in [0.1, 0.15) is 30.0 Å². The molecule has 0 saturated carbocycles. The van der Waals surface area contributed by atoms with Crippen LogP contribution in [-0.4, -0.2) is 13.6 Å². The lowest BCUT2D eigenvalue weighted by Crippen LogP contribution is -2.14. The molecule has 0 aromatic heterocycles. The first-order valence-corrected chi connectivity index (χ1v) is 7.72. The van der Waals surface area contributed by atoms with Crippen LogP contribution in [0, 0.1) is 13.8 Å². The molecule has 2 rings (SSSR count). The number of rotatable bonds is 6. The molecule has 0 unspecified atom stereocenters. The largest absolute Gasteiger partial charge is 0.345 e. The number of hydrogen-bond acceptors (Lipinski definition) is 2. The summed E-state index contributed by atoms with van der Waals surface area (Å²) in [5, 5.41) is 3.43. The Bertz CT molecular complexity index is 552. The zero-order valence-corrected chi connectivity index (χ0v) is 13.6. The minimum atomic E-state index is 0.946. The number of nitrogens with one attached hydrogen (secondary N) is 1. The summed E-state index contributed by atoms with van der Waals surface area (Å²) in [6, 6.07) is 15.5. The van der Waals surface area contributed by atoms with Gasteiger partial charge in [-0.15, -0.1) is 0 Å². The number of hydrogen-bond donors (Lipinski definition) is 1. The molecule has 0 saturated heterocycles. The van der Waals surface area contributed by atoms with E-state index in [2.05, 4.69) is 80.5 Å². The summed E-state index contributed by atoms with van der Waals surface area (Å²) in [6.45, 7) is 8.50. The van der Waals surface area contributed by atoms with Crippen LogP contribution < -0.4 is 10.2 Å². The maximum Gasteiger partial charge on any atom is 0.0413 e. The van der Waals surface area contributed by atoms with E-state index in [0.29, 0.717) is 0 Å². The fourth-order valence-electron chi connectivity index (χ4n) is 2.54.